The van der Waals surface area contributed by atoms with E-state index in [4.69, 9.17) is 5.26 Å². The van der Waals surface area contributed by atoms with Crippen LogP contribution in [0.1, 0.15) is 34.5 Å². The third-order valence-electron chi connectivity index (χ3n) is 4.63. The molecular weight excluding hydrogens is 336 g/mol. The Morgan fingerprint density at radius 3 is 2.48 bits per heavy atom. The van der Waals surface area contributed by atoms with E-state index in [9.17, 15) is 4.79 Å². The maximum atomic E-state index is 12.2. The summed E-state index contributed by atoms with van der Waals surface area (Å²) in [7, 11) is 0. The van der Waals surface area contributed by atoms with Crippen molar-refractivity contribution in [3.8, 4) is 11.8 Å². The standard InChI is InChI=1S/C22H22N4O/c1-16-21(17(2)26(25-16)20-6-4-3-5-7-20)15-24-22(27)13-12-18-8-10-19(14-23)11-9-18/h3-11H,12-13,15H2,1-2H3,(H,24,27). The van der Waals surface area contributed by atoms with E-state index in [0.29, 0.717) is 24.9 Å². The number of carbonyl (C=O) groups excluding carboxylic acids is 1. The Balaban J connectivity index is 1.59. The van der Waals surface area contributed by atoms with Crippen molar-refractivity contribution in [3.63, 3.8) is 0 Å². The highest BCUT2D eigenvalue weighted by Crippen LogP contribution is 2.17. The number of carbonyl (C=O) groups is 1. The fraction of sp³-hybridized carbons (Fsp3) is 0.227. The molecule has 0 bridgehead atoms. The van der Waals surface area contributed by atoms with Gasteiger partial charge in [0.05, 0.1) is 23.0 Å². The minimum atomic E-state index is 0.00520. The smallest absolute Gasteiger partial charge is 0.220 e. The molecule has 0 aliphatic rings. The molecule has 0 radical (unpaired) electrons. The number of rotatable bonds is 6. The minimum absolute atomic E-state index is 0.00520. The fourth-order valence-corrected chi connectivity index (χ4v) is 3.03. The van der Waals surface area contributed by atoms with Crippen LogP contribution >= 0.6 is 0 Å². The monoisotopic (exact) mass is 358 g/mol. The lowest BCUT2D eigenvalue weighted by Crippen LogP contribution is -2.23. The molecule has 1 heterocycles. The quantitative estimate of drug-likeness (QED) is 0.732. The summed E-state index contributed by atoms with van der Waals surface area (Å²) in [6.07, 6.45) is 1.07. The Labute approximate surface area is 159 Å². The first-order valence-electron chi connectivity index (χ1n) is 8.94. The zero-order valence-electron chi connectivity index (χ0n) is 15.6. The number of aryl methyl sites for hydroxylation is 2. The van der Waals surface area contributed by atoms with Gasteiger partial charge in [0.15, 0.2) is 0 Å². The molecule has 0 spiro atoms. The third kappa shape index (κ3) is 4.42. The van der Waals surface area contributed by atoms with Crippen molar-refractivity contribution in [1.29, 1.82) is 5.26 Å². The van der Waals surface area contributed by atoms with Crippen LogP contribution in [-0.2, 0) is 17.8 Å². The van der Waals surface area contributed by atoms with E-state index < -0.39 is 0 Å². The van der Waals surface area contributed by atoms with Gasteiger partial charge in [-0.05, 0) is 50.1 Å². The van der Waals surface area contributed by atoms with Crippen LogP contribution in [0.4, 0.5) is 0 Å². The molecule has 27 heavy (non-hydrogen) atoms. The van der Waals surface area contributed by atoms with Crippen LogP contribution < -0.4 is 5.32 Å². The summed E-state index contributed by atoms with van der Waals surface area (Å²) in [5, 5.41) is 16.4. The third-order valence-corrected chi connectivity index (χ3v) is 4.63. The van der Waals surface area contributed by atoms with Gasteiger partial charge in [-0.25, -0.2) is 4.68 Å². The molecule has 0 aliphatic heterocycles. The summed E-state index contributed by atoms with van der Waals surface area (Å²) >= 11 is 0. The van der Waals surface area contributed by atoms with Gasteiger partial charge in [0.25, 0.3) is 0 Å². The number of nitriles is 1. The largest absolute Gasteiger partial charge is 0.352 e. The highest BCUT2D eigenvalue weighted by atomic mass is 16.1. The Bertz CT molecular complexity index is 966. The normalized spacial score (nSPS) is 10.4. The number of nitrogens with one attached hydrogen (secondary N) is 1. The van der Waals surface area contributed by atoms with Crippen LogP contribution in [0, 0.1) is 25.2 Å². The second-order valence-corrected chi connectivity index (χ2v) is 6.48. The van der Waals surface area contributed by atoms with E-state index in [0.717, 1.165) is 28.2 Å². The predicted molar refractivity (Wildman–Crippen MR) is 104 cm³/mol. The summed E-state index contributed by atoms with van der Waals surface area (Å²) < 4.78 is 1.91. The number of para-hydroxylation sites is 1. The number of hydrogen-bond acceptors (Lipinski definition) is 3. The summed E-state index contributed by atoms with van der Waals surface area (Å²) in [6, 6.07) is 19.4. The number of nitrogens with zero attached hydrogens (tertiary/aromatic N) is 3. The van der Waals surface area contributed by atoms with E-state index in [-0.39, 0.29) is 5.91 Å². The first-order valence-corrected chi connectivity index (χ1v) is 8.94. The minimum Gasteiger partial charge on any atom is -0.352 e. The van der Waals surface area contributed by atoms with Crippen LogP contribution in [0.25, 0.3) is 5.69 Å². The van der Waals surface area contributed by atoms with E-state index >= 15 is 0 Å². The van der Waals surface area contributed by atoms with Gasteiger partial charge in [0, 0.05) is 24.2 Å². The lowest BCUT2D eigenvalue weighted by atomic mass is 10.1. The van der Waals surface area contributed by atoms with Crippen LogP contribution in [0.15, 0.2) is 54.6 Å². The molecule has 0 saturated heterocycles. The Morgan fingerprint density at radius 1 is 1.11 bits per heavy atom. The number of hydrogen-bond donors (Lipinski definition) is 1. The topological polar surface area (TPSA) is 70.7 Å². The van der Waals surface area contributed by atoms with Crippen LogP contribution in [0.3, 0.4) is 0 Å². The van der Waals surface area contributed by atoms with Gasteiger partial charge in [-0.15, -0.1) is 0 Å². The van der Waals surface area contributed by atoms with E-state index in [1.165, 1.54) is 0 Å². The summed E-state index contributed by atoms with van der Waals surface area (Å²) in [5.74, 6) is 0.00520. The number of amides is 1. The van der Waals surface area contributed by atoms with Gasteiger partial charge < -0.3 is 5.32 Å². The van der Waals surface area contributed by atoms with Gasteiger partial charge in [0.1, 0.15) is 0 Å². The predicted octanol–water partition coefficient (Wildman–Crippen LogP) is 3.61. The van der Waals surface area contributed by atoms with Crippen LogP contribution in [0.5, 0.6) is 0 Å². The van der Waals surface area contributed by atoms with E-state index in [1.807, 2.05) is 61.0 Å². The molecule has 3 aromatic rings. The zero-order chi connectivity index (χ0) is 19.2. The highest BCUT2D eigenvalue weighted by molar-refractivity contribution is 5.76. The number of aromatic nitrogens is 2. The molecule has 0 fully saturated rings. The average Bonchev–Trinajstić information content (AvgIpc) is 2.99. The molecule has 0 unspecified atom stereocenters. The van der Waals surface area contributed by atoms with Crippen molar-refractivity contribution < 1.29 is 4.79 Å². The van der Waals surface area contributed by atoms with Gasteiger partial charge in [0.2, 0.25) is 5.91 Å². The molecule has 2 aromatic carbocycles. The summed E-state index contributed by atoms with van der Waals surface area (Å²) in [6.45, 7) is 4.45. The highest BCUT2D eigenvalue weighted by Gasteiger charge is 2.13. The molecular formula is C22H22N4O. The molecule has 1 amide bonds. The van der Waals surface area contributed by atoms with Crippen LogP contribution in [0.2, 0.25) is 0 Å². The Hall–Kier alpha value is -3.39. The molecule has 0 aliphatic carbocycles. The molecule has 0 saturated carbocycles. The first kappa shape index (κ1) is 18.4. The van der Waals surface area contributed by atoms with Gasteiger partial charge >= 0.3 is 0 Å². The maximum Gasteiger partial charge on any atom is 0.220 e. The Morgan fingerprint density at radius 2 is 1.81 bits per heavy atom. The molecule has 1 aromatic heterocycles. The average molecular weight is 358 g/mol. The molecule has 5 nitrogen and oxygen atoms in total. The SMILES string of the molecule is Cc1nn(-c2ccccc2)c(C)c1CNC(=O)CCc1ccc(C#N)cc1. The molecule has 3 rings (SSSR count). The fourth-order valence-electron chi connectivity index (χ4n) is 3.03. The van der Waals surface area contributed by atoms with Crippen molar-refractivity contribution in [2.24, 2.45) is 0 Å². The van der Waals surface area contributed by atoms with Crippen molar-refractivity contribution in [2.75, 3.05) is 0 Å². The molecule has 136 valence electrons. The van der Waals surface area contributed by atoms with Crippen LogP contribution in [-0.4, -0.2) is 15.7 Å². The van der Waals surface area contributed by atoms with Crippen molar-refractivity contribution in [2.45, 2.75) is 33.2 Å². The van der Waals surface area contributed by atoms with Gasteiger partial charge in [-0.3, -0.25) is 4.79 Å². The maximum absolute atomic E-state index is 12.2. The van der Waals surface area contributed by atoms with Gasteiger partial charge in [-0.2, -0.15) is 10.4 Å². The molecule has 5 heteroatoms. The van der Waals surface area contributed by atoms with Crippen molar-refractivity contribution >= 4 is 5.91 Å². The second-order valence-electron chi connectivity index (χ2n) is 6.48. The van der Waals surface area contributed by atoms with Crippen molar-refractivity contribution in [1.82, 2.24) is 15.1 Å². The zero-order valence-corrected chi connectivity index (χ0v) is 15.6. The molecule has 0 atom stereocenters. The van der Waals surface area contributed by atoms with Gasteiger partial charge in [-0.1, -0.05) is 30.3 Å². The van der Waals surface area contributed by atoms with Crippen molar-refractivity contribution in [3.05, 3.63) is 82.7 Å². The second kappa shape index (κ2) is 8.33. The lowest BCUT2D eigenvalue weighted by molar-refractivity contribution is -0.121. The molecule has 1 N–H and O–H groups in total. The lowest BCUT2D eigenvalue weighted by Gasteiger charge is -2.07. The first-order chi connectivity index (χ1) is 13.1. The van der Waals surface area contributed by atoms with E-state index in [1.54, 1.807) is 12.1 Å². The van der Waals surface area contributed by atoms with E-state index in [2.05, 4.69) is 16.5 Å². The number of benzene rings is 2. The summed E-state index contributed by atoms with van der Waals surface area (Å²) in [5.41, 5.74) is 5.69. The summed E-state index contributed by atoms with van der Waals surface area (Å²) in [4.78, 5) is 12.2. The Kier molecular flexibility index (Phi) is 5.68.